The van der Waals surface area contributed by atoms with Crippen LogP contribution < -0.4 is 0 Å². The highest BCUT2D eigenvalue weighted by molar-refractivity contribution is 6.31. The van der Waals surface area contributed by atoms with Crippen LogP contribution in [0.15, 0.2) is 18.2 Å². The fourth-order valence-corrected chi connectivity index (χ4v) is 2.16. The van der Waals surface area contributed by atoms with E-state index < -0.39 is 18.6 Å². The average molecular weight is 248 g/mol. The first-order valence-electron chi connectivity index (χ1n) is 4.55. The van der Waals surface area contributed by atoms with Crippen molar-refractivity contribution < 1.29 is 18.7 Å². The Balaban J connectivity index is 2.51. The second-order valence-electron chi connectivity index (χ2n) is 3.62. The molecule has 0 atom stereocenters. The van der Waals surface area contributed by atoms with Gasteiger partial charge in [0, 0.05) is 12.1 Å². The first kappa shape index (κ1) is 11.1. The molecule has 1 aliphatic heterocycles. The molecule has 0 saturated heterocycles. The summed E-state index contributed by atoms with van der Waals surface area (Å²) in [5.74, 6) is -3.23. The molecule has 0 saturated carbocycles. The molecule has 86 valence electrons. The van der Waals surface area contributed by atoms with Crippen molar-refractivity contribution in [3.05, 3.63) is 34.3 Å². The van der Waals surface area contributed by atoms with Gasteiger partial charge in [0.25, 0.3) is 5.92 Å². The van der Waals surface area contributed by atoms with Gasteiger partial charge in [0.05, 0.1) is 11.6 Å². The molecule has 16 heavy (non-hydrogen) atoms. The van der Waals surface area contributed by atoms with Crippen molar-refractivity contribution in [2.75, 3.05) is 6.54 Å². The first-order valence-corrected chi connectivity index (χ1v) is 4.93. The molecule has 0 spiro atoms. The lowest BCUT2D eigenvalue weighted by molar-refractivity contribution is -0.0462. The molecule has 6 heteroatoms. The van der Waals surface area contributed by atoms with Crippen LogP contribution in [-0.4, -0.2) is 22.6 Å². The van der Waals surface area contributed by atoms with Crippen LogP contribution in [0.3, 0.4) is 0 Å². The van der Waals surface area contributed by atoms with E-state index in [1.54, 1.807) is 0 Å². The maximum absolute atomic E-state index is 13.7. The van der Waals surface area contributed by atoms with Crippen molar-refractivity contribution in [2.45, 2.75) is 12.5 Å². The van der Waals surface area contributed by atoms with Gasteiger partial charge in [-0.15, -0.1) is 0 Å². The number of nitrogens with zero attached hydrogens (tertiary/aromatic N) is 1. The Kier molecular flexibility index (Phi) is 2.50. The van der Waals surface area contributed by atoms with E-state index in [9.17, 15) is 13.6 Å². The predicted molar refractivity (Wildman–Crippen MR) is 53.8 cm³/mol. The van der Waals surface area contributed by atoms with Gasteiger partial charge in [-0.2, -0.15) is 8.78 Å². The molecular formula is C10H8ClF2NO2. The second kappa shape index (κ2) is 3.59. The zero-order chi connectivity index (χ0) is 11.9. The summed E-state index contributed by atoms with van der Waals surface area (Å²) in [6.45, 7) is -0.903. The molecule has 3 nitrogen and oxygen atoms in total. The number of hydrogen-bond acceptors (Lipinski definition) is 1. The van der Waals surface area contributed by atoms with Gasteiger partial charge in [0.2, 0.25) is 0 Å². The third-order valence-corrected chi connectivity index (χ3v) is 2.80. The maximum Gasteiger partial charge on any atom is 0.407 e. The molecular weight excluding hydrogens is 240 g/mol. The molecule has 0 radical (unpaired) electrons. The van der Waals surface area contributed by atoms with E-state index in [4.69, 9.17) is 16.7 Å². The van der Waals surface area contributed by atoms with Crippen LogP contribution >= 0.6 is 11.6 Å². The van der Waals surface area contributed by atoms with Crippen LogP contribution in [0.1, 0.15) is 11.1 Å². The van der Waals surface area contributed by atoms with Crippen molar-refractivity contribution in [1.82, 2.24) is 4.90 Å². The van der Waals surface area contributed by atoms with E-state index in [2.05, 4.69) is 0 Å². The van der Waals surface area contributed by atoms with Gasteiger partial charge in [-0.1, -0.05) is 23.7 Å². The number of rotatable bonds is 0. The molecule has 1 aromatic rings. The second-order valence-corrected chi connectivity index (χ2v) is 4.02. The van der Waals surface area contributed by atoms with Crippen LogP contribution in [-0.2, 0) is 12.5 Å². The predicted octanol–water partition coefficient (Wildman–Crippen LogP) is 2.93. The summed E-state index contributed by atoms with van der Waals surface area (Å²) >= 11 is 5.71. The van der Waals surface area contributed by atoms with E-state index in [-0.39, 0.29) is 22.7 Å². The molecule has 2 rings (SSSR count). The number of benzene rings is 1. The molecule has 0 bridgehead atoms. The summed E-state index contributed by atoms with van der Waals surface area (Å²) in [6, 6.07) is 4.37. The molecule has 1 amide bonds. The Labute approximate surface area is 95.2 Å². The normalized spacial score (nSPS) is 18.1. The summed E-state index contributed by atoms with van der Waals surface area (Å²) < 4.78 is 27.4. The molecule has 1 aliphatic rings. The van der Waals surface area contributed by atoms with Crippen LogP contribution in [0.5, 0.6) is 0 Å². The third-order valence-electron chi connectivity index (χ3n) is 2.49. The topological polar surface area (TPSA) is 40.5 Å². The standard InChI is InChI=1S/C10H8ClF2NO2/c11-7-3-1-2-6-4-14(9(15)16)5-10(12,13)8(6)7/h1-3H,4-5H2,(H,15,16). The number of carbonyl (C=O) groups is 1. The highest BCUT2D eigenvalue weighted by Crippen LogP contribution is 2.40. The molecule has 0 aromatic heterocycles. The molecule has 0 aliphatic carbocycles. The maximum atomic E-state index is 13.7. The van der Waals surface area contributed by atoms with Crippen molar-refractivity contribution in [2.24, 2.45) is 0 Å². The van der Waals surface area contributed by atoms with Gasteiger partial charge in [-0.3, -0.25) is 4.90 Å². The summed E-state index contributed by atoms with van der Waals surface area (Å²) in [4.78, 5) is 11.4. The Morgan fingerprint density at radius 3 is 2.81 bits per heavy atom. The van der Waals surface area contributed by atoms with E-state index in [1.807, 2.05) is 0 Å². The minimum absolute atomic E-state index is 0.0208. The van der Waals surface area contributed by atoms with Crippen molar-refractivity contribution in [3.63, 3.8) is 0 Å². The Morgan fingerprint density at radius 1 is 1.50 bits per heavy atom. The fraction of sp³-hybridized carbons (Fsp3) is 0.300. The monoisotopic (exact) mass is 247 g/mol. The molecule has 0 fully saturated rings. The fourth-order valence-electron chi connectivity index (χ4n) is 1.83. The number of amides is 1. The van der Waals surface area contributed by atoms with Gasteiger partial charge < -0.3 is 5.11 Å². The lowest BCUT2D eigenvalue weighted by Gasteiger charge is -2.33. The molecule has 1 aromatic carbocycles. The molecule has 1 heterocycles. The van der Waals surface area contributed by atoms with Gasteiger partial charge in [-0.05, 0) is 11.6 Å². The van der Waals surface area contributed by atoms with Gasteiger partial charge in [0.15, 0.2) is 0 Å². The van der Waals surface area contributed by atoms with Gasteiger partial charge >= 0.3 is 6.09 Å². The molecule has 0 unspecified atom stereocenters. The number of halogens is 3. The number of alkyl halides is 2. The minimum Gasteiger partial charge on any atom is -0.465 e. The summed E-state index contributed by atoms with van der Waals surface area (Å²) in [5, 5.41) is 8.70. The highest BCUT2D eigenvalue weighted by Gasteiger charge is 2.43. The van der Waals surface area contributed by atoms with Crippen LogP contribution in [0.2, 0.25) is 5.02 Å². The summed E-state index contributed by atoms with van der Waals surface area (Å²) in [7, 11) is 0. The van der Waals surface area contributed by atoms with Crippen molar-refractivity contribution >= 4 is 17.7 Å². The Hall–Kier alpha value is -1.36. The SMILES string of the molecule is O=C(O)N1Cc2cccc(Cl)c2C(F)(F)C1. The number of carboxylic acid groups (broad SMARTS) is 1. The zero-order valence-corrected chi connectivity index (χ0v) is 8.84. The third kappa shape index (κ3) is 1.71. The van der Waals surface area contributed by atoms with Crippen molar-refractivity contribution in [1.29, 1.82) is 0 Å². The lowest BCUT2D eigenvalue weighted by atomic mass is 9.97. The van der Waals surface area contributed by atoms with E-state index in [0.717, 1.165) is 0 Å². The smallest absolute Gasteiger partial charge is 0.407 e. The number of hydrogen-bond donors (Lipinski definition) is 1. The Morgan fingerprint density at radius 2 is 2.19 bits per heavy atom. The lowest BCUT2D eigenvalue weighted by Crippen LogP contribution is -2.43. The largest absolute Gasteiger partial charge is 0.465 e. The summed E-state index contributed by atoms with van der Waals surface area (Å²) in [5.41, 5.74) is 0.000293. The average Bonchev–Trinajstić information content (AvgIpc) is 2.15. The summed E-state index contributed by atoms with van der Waals surface area (Å²) in [6.07, 6.45) is -1.36. The highest BCUT2D eigenvalue weighted by atomic mass is 35.5. The van der Waals surface area contributed by atoms with E-state index in [1.165, 1.54) is 18.2 Å². The van der Waals surface area contributed by atoms with E-state index in [0.29, 0.717) is 4.90 Å². The van der Waals surface area contributed by atoms with Gasteiger partial charge in [-0.25, -0.2) is 4.79 Å². The quantitative estimate of drug-likeness (QED) is 0.766. The number of fused-ring (bicyclic) bond motifs is 1. The molecule has 1 N–H and O–H groups in total. The van der Waals surface area contributed by atoms with Crippen molar-refractivity contribution in [3.8, 4) is 0 Å². The van der Waals surface area contributed by atoms with Crippen LogP contribution in [0.4, 0.5) is 13.6 Å². The van der Waals surface area contributed by atoms with Crippen LogP contribution in [0.25, 0.3) is 0 Å². The van der Waals surface area contributed by atoms with Crippen LogP contribution in [0, 0.1) is 0 Å². The van der Waals surface area contributed by atoms with Gasteiger partial charge in [0.1, 0.15) is 0 Å². The first-order chi connectivity index (χ1) is 7.42. The Bertz CT molecular complexity index is 450. The minimum atomic E-state index is -3.23. The van der Waals surface area contributed by atoms with E-state index >= 15 is 0 Å². The zero-order valence-electron chi connectivity index (χ0n) is 8.08.